The third kappa shape index (κ3) is 3.77. The Morgan fingerprint density at radius 3 is 2.54 bits per heavy atom. The van der Waals surface area contributed by atoms with E-state index in [0.29, 0.717) is 12.2 Å². The van der Waals surface area contributed by atoms with Crippen molar-refractivity contribution >= 4 is 11.8 Å². The van der Waals surface area contributed by atoms with Crippen molar-refractivity contribution in [3.05, 3.63) is 0 Å². The molecule has 2 unspecified atom stereocenters. The second-order valence-corrected chi connectivity index (χ2v) is 5.09. The quantitative estimate of drug-likeness (QED) is 0.762. The summed E-state index contributed by atoms with van der Waals surface area (Å²) in [6, 6.07) is 0. The molecule has 2 atom stereocenters. The Bertz CT molecular complexity index is 183. The van der Waals surface area contributed by atoms with Gasteiger partial charge in [0, 0.05) is 17.4 Å². The lowest BCUT2D eigenvalue weighted by Gasteiger charge is -2.22. The minimum Gasteiger partial charge on any atom is -0.389 e. The lowest BCUT2D eigenvalue weighted by Crippen LogP contribution is -2.30. The molecule has 78 valence electrons. The molecule has 0 aliphatic carbocycles. The van der Waals surface area contributed by atoms with Crippen LogP contribution < -0.4 is 0 Å². The van der Waals surface area contributed by atoms with Crippen LogP contribution in [0.15, 0.2) is 0 Å². The highest BCUT2D eigenvalue weighted by atomic mass is 32.2. The Morgan fingerprint density at radius 1 is 1.54 bits per heavy atom. The van der Waals surface area contributed by atoms with Crippen LogP contribution in [0.1, 0.15) is 26.2 Å². The summed E-state index contributed by atoms with van der Waals surface area (Å²) in [4.78, 5) is 0. The molecule has 0 amide bonds. The summed E-state index contributed by atoms with van der Waals surface area (Å²) in [6.07, 6.45) is -4.70. The van der Waals surface area contributed by atoms with Crippen molar-refractivity contribution in [2.45, 2.75) is 43.2 Å². The smallest absolute Gasteiger partial charge is 0.389 e. The van der Waals surface area contributed by atoms with Gasteiger partial charge in [0.25, 0.3) is 0 Å². The molecule has 1 saturated heterocycles. The number of alkyl halides is 3. The first-order valence-corrected chi connectivity index (χ1v) is 5.26. The van der Waals surface area contributed by atoms with Crippen molar-refractivity contribution < 1.29 is 18.3 Å². The molecule has 0 aromatic carbocycles. The Balaban J connectivity index is 2.36. The highest BCUT2D eigenvalue weighted by molar-refractivity contribution is 8.00. The molecule has 0 saturated carbocycles. The molecule has 0 aromatic rings. The van der Waals surface area contributed by atoms with Gasteiger partial charge in [0.05, 0.1) is 5.60 Å². The molecule has 0 radical (unpaired) electrons. The van der Waals surface area contributed by atoms with Gasteiger partial charge in [-0.1, -0.05) is 6.92 Å². The zero-order chi connectivity index (χ0) is 10.1. The zero-order valence-corrected chi connectivity index (χ0v) is 8.21. The lowest BCUT2D eigenvalue weighted by molar-refractivity contribution is -0.145. The number of rotatable bonds is 2. The molecule has 1 heterocycles. The largest absolute Gasteiger partial charge is 0.389 e. The first kappa shape index (κ1) is 11.2. The average Bonchev–Trinajstić information content (AvgIpc) is 2.27. The standard InChI is InChI=1S/C8H13F3OS/c1-6-4-7(12,5-13-6)2-3-8(9,10)11/h6,12H,2-5H2,1H3. The molecule has 0 bridgehead atoms. The van der Waals surface area contributed by atoms with Crippen LogP contribution in [0.4, 0.5) is 13.2 Å². The highest BCUT2D eigenvalue weighted by Crippen LogP contribution is 2.39. The lowest BCUT2D eigenvalue weighted by atomic mass is 9.95. The molecule has 1 fully saturated rings. The fraction of sp³-hybridized carbons (Fsp3) is 1.00. The van der Waals surface area contributed by atoms with Crippen LogP contribution in [0.25, 0.3) is 0 Å². The number of aliphatic hydroxyl groups is 1. The van der Waals surface area contributed by atoms with Gasteiger partial charge in [-0.15, -0.1) is 0 Å². The van der Waals surface area contributed by atoms with E-state index in [1.165, 1.54) is 11.8 Å². The molecule has 1 nitrogen and oxygen atoms in total. The van der Waals surface area contributed by atoms with Gasteiger partial charge in [0.1, 0.15) is 0 Å². The van der Waals surface area contributed by atoms with E-state index in [0.717, 1.165) is 0 Å². The summed E-state index contributed by atoms with van der Waals surface area (Å²) in [7, 11) is 0. The molecule has 0 spiro atoms. The Hall–Kier alpha value is 0.100. The normalized spacial score (nSPS) is 35.3. The molecule has 1 aliphatic rings. The maximum absolute atomic E-state index is 11.9. The predicted molar refractivity (Wildman–Crippen MR) is 46.8 cm³/mol. The van der Waals surface area contributed by atoms with Crippen molar-refractivity contribution in [3.8, 4) is 0 Å². The Labute approximate surface area is 79.7 Å². The number of thioether (sulfide) groups is 1. The second-order valence-electron chi connectivity index (χ2n) is 3.67. The van der Waals surface area contributed by atoms with E-state index in [4.69, 9.17) is 0 Å². The van der Waals surface area contributed by atoms with E-state index in [9.17, 15) is 18.3 Å². The second kappa shape index (κ2) is 3.69. The zero-order valence-electron chi connectivity index (χ0n) is 7.40. The first-order valence-electron chi connectivity index (χ1n) is 4.21. The summed E-state index contributed by atoms with van der Waals surface area (Å²) in [5.41, 5.74) is -1.08. The number of halogens is 3. The van der Waals surface area contributed by atoms with E-state index < -0.39 is 18.2 Å². The Morgan fingerprint density at radius 2 is 2.15 bits per heavy atom. The third-order valence-corrected chi connectivity index (χ3v) is 3.62. The molecule has 13 heavy (non-hydrogen) atoms. The van der Waals surface area contributed by atoms with Crippen LogP contribution in [-0.2, 0) is 0 Å². The van der Waals surface area contributed by atoms with Crippen molar-refractivity contribution in [2.75, 3.05) is 5.75 Å². The minimum absolute atomic E-state index is 0.159. The average molecular weight is 214 g/mol. The van der Waals surface area contributed by atoms with Crippen molar-refractivity contribution in [1.82, 2.24) is 0 Å². The molecule has 1 aliphatic heterocycles. The van der Waals surface area contributed by atoms with Gasteiger partial charge in [0.2, 0.25) is 0 Å². The van der Waals surface area contributed by atoms with Gasteiger partial charge in [-0.3, -0.25) is 0 Å². The molecule has 5 heteroatoms. The maximum Gasteiger partial charge on any atom is 0.389 e. The number of hydrogen-bond donors (Lipinski definition) is 1. The summed E-state index contributed by atoms with van der Waals surface area (Å²) < 4.78 is 35.6. The maximum atomic E-state index is 11.9. The van der Waals surface area contributed by atoms with E-state index in [1.54, 1.807) is 0 Å². The summed E-state index contributed by atoms with van der Waals surface area (Å²) in [5, 5.41) is 9.98. The van der Waals surface area contributed by atoms with Crippen molar-refractivity contribution in [1.29, 1.82) is 0 Å². The van der Waals surface area contributed by atoms with Gasteiger partial charge in [-0.2, -0.15) is 24.9 Å². The molecule has 0 aromatic heterocycles. The van der Waals surface area contributed by atoms with E-state index in [2.05, 4.69) is 0 Å². The first-order chi connectivity index (χ1) is 5.81. The number of hydrogen-bond acceptors (Lipinski definition) is 2. The summed E-state index contributed by atoms with van der Waals surface area (Å²) >= 11 is 1.54. The van der Waals surface area contributed by atoms with Gasteiger partial charge in [0.15, 0.2) is 0 Å². The van der Waals surface area contributed by atoms with Gasteiger partial charge in [-0.05, 0) is 12.8 Å². The van der Waals surface area contributed by atoms with E-state index in [-0.39, 0.29) is 11.7 Å². The summed E-state index contributed by atoms with van der Waals surface area (Å²) in [5.74, 6) is 0.435. The van der Waals surface area contributed by atoms with Gasteiger partial charge in [-0.25, -0.2) is 0 Å². The minimum atomic E-state index is -4.15. The van der Waals surface area contributed by atoms with Crippen LogP contribution in [0, 0.1) is 0 Å². The molecule has 1 N–H and O–H groups in total. The van der Waals surface area contributed by atoms with Crippen molar-refractivity contribution in [3.63, 3.8) is 0 Å². The van der Waals surface area contributed by atoms with Crippen LogP contribution in [0.5, 0.6) is 0 Å². The van der Waals surface area contributed by atoms with Gasteiger partial charge >= 0.3 is 6.18 Å². The molecule has 1 rings (SSSR count). The monoisotopic (exact) mass is 214 g/mol. The fourth-order valence-electron chi connectivity index (χ4n) is 1.50. The van der Waals surface area contributed by atoms with Crippen molar-refractivity contribution in [2.24, 2.45) is 0 Å². The molecular weight excluding hydrogens is 201 g/mol. The summed E-state index contributed by atoms with van der Waals surface area (Å²) in [6.45, 7) is 1.93. The topological polar surface area (TPSA) is 20.2 Å². The highest BCUT2D eigenvalue weighted by Gasteiger charge is 2.39. The van der Waals surface area contributed by atoms with Crippen LogP contribution in [0.3, 0.4) is 0 Å². The van der Waals surface area contributed by atoms with E-state index in [1.807, 2.05) is 6.92 Å². The third-order valence-electron chi connectivity index (χ3n) is 2.18. The predicted octanol–water partition coefficient (Wildman–Crippen LogP) is 2.59. The van der Waals surface area contributed by atoms with Gasteiger partial charge < -0.3 is 5.11 Å². The fourth-order valence-corrected chi connectivity index (χ4v) is 2.78. The van der Waals surface area contributed by atoms with Crippen LogP contribution in [0.2, 0.25) is 0 Å². The Kier molecular flexibility index (Phi) is 3.17. The van der Waals surface area contributed by atoms with E-state index >= 15 is 0 Å². The molecular formula is C8H13F3OS. The van der Waals surface area contributed by atoms with Crippen LogP contribution in [-0.4, -0.2) is 27.9 Å². The SMILES string of the molecule is CC1CC(O)(CCC(F)(F)F)CS1. The van der Waals surface area contributed by atoms with Crippen LogP contribution >= 0.6 is 11.8 Å².